The molecule has 1 atom stereocenters. The zero-order valence-corrected chi connectivity index (χ0v) is 19.5. The van der Waals surface area contributed by atoms with E-state index in [0.29, 0.717) is 37.1 Å². The molecule has 0 radical (unpaired) electrons. The molecule has 2 heterocycles. The summed E-state index contributed by atoms with van der Waals surface area (Å²) >= 11 is 0. The predicted molar refractivity (Wildman–Crippen MR) is 133 cm³/mol. The van der Waals surface area contributed by atoms with Crippen LogP contribution in [0.1, 0.15) is 29.5 Å². The van der Waals surface area contributed by atoms with Crippen LogP contribution in [0.25, 0.3) is 16.8 Å². The van der Waals surface area contributed by atoms with Crippen molar-refractivity contribution in [2.75, 3.05) is 6.54 Å². The lowest BCUT2D eigenvalue weighted by atomic mass is 9.89. The van der Waals surface area contributed by atoms with Crippen molar-refractivity contribution in [3.8, 4) is 16.8 Å². The van der Waals surface area contributed by atoms with Gasteiger partial charge >= 0.3 is 0 Å². The molecule has 1 unspecified atom stereocenters. The highest BCUT2D eigenvalue weighted by Gasteiger charge is 2.52. The van der Waals surface area contributed by atoms with Gasteiger partial charge in [-0.05, 0) is 35.6 Å². The number of aromatic nitrogens is 3. The number of hydrogen-bond acceptors (Lipinski definition) is 5. The van der Waals surface area contributed by atoms with Crippen LogP contribution in [-0.2, 0) is 21.7 Å². The van der Waals surface area contributed by atoms with Crippen molar-refractivity contribution in [3.05, 3.63) is 102 Å². The summed E-state index contributed by atoms with van der Waals surface area (Å²) in [6.45, 7) is 0.711. The van der Waals surface area contributed by atoms with Gasteiger partial charge < -0.3 is 15.3 Å². The van der Waals surface area contributed by atoms with Crippen molar-refractivity contribution in [2.45, 2.75) is 31.0 Å². The van der Waals surface area contributed by atoms with Crippen molar-refractivity contribution < 1.29 is 14.7 Å². The van der Waals surface area contributed by atoms with Crippen molar-refractivity contribution in [2.24, 2.45) is 0 Å². The molecule has 1 aromatic heterocycles. The first-order valence-corrected chi connectivity index (χ1v) is 12.0. The molecule has 3 aromatic carbocycles. The maximum absolute atomic E-state index is 14.0. The molecule has 4 aromatic rings. The molecule has 2 N–H and O–H groups in total. The van der Waals surface area contributed by atoms with Crippen molar-refractivity contribution in [1.29, 1.82) is 0 Å². The third-order valence-corrected chi connectivity index (χ3v) is 7.19. The second-order valence-electron chi connectivity index (χ2n) is 9.17. The zero-order valence-electron chi connectivity index (χ0n) is 19.5. The van der Waals surface area contributed by atoms with Crippen molar-refractivity contribution >= 4 is 11.8 Å². The highest BCUT2D eigenvalue weighted by Crippen LogP contribution is 2.48. The lowest BCUT2D eigenvalue weighted by Crippen LogP contribution is -2.52. The summed E-state index contributed by atoms with van der Waals surface area (Å²) in [4.78, 5) is 28.8. The van der Waals surface area contributed by atoms with Gasteiger partial charge in [-0.15, -0.1) is 10.2 Å². The van der Waals surface area contributed by atoms with Crippen LogP contribution >= 0.6 is 0 Å². The van der Waals surface area contributed by atoms with Gasteiger partial charge in [0.25, 0.3) is 5.91 Å². The molecule has 0 spiro atoms. The molecule has 1 saturated heterocycles. The van der Waals surface area contributed by atoms with Crippen LogP contribution in [0.15, 0.2) is 85.5 Å². The number of para-hydroxylation sites is 1. The van der Waals surface area contributed by atoms with Crippen LogP contribution < -0.4 is 5.32 Å². The Kier molecular flexibility index (Phi) is 5.38. The first kappa shape index (κ1) is 22.2. The molecular weight excluding hydrogens is 454 g/mol. The number of nitrogens with zero attached hydrogens (tertiary/aromatic N) is 4. The standard InChI is InChI=1S/C28H25N5O3/c34-26(29-16-19-8-1-6-13-24(19)32-17-30-31-18-32)25-14-7-15-33(25)27(35)28(36)22-11-4-2-9-20(22)21-10-3-5-12-23(21)28/h1-6,8-13,17-18,25,36H,7,14-16H2,(H,29,34). The SMILES string of the molecule is O=C(NCc1ccccc1-n1cnnc1)C1CCCN1C(=O)C1(O)c2ccccc2-c2ccccc21. The Morgan fingerprint density at radius 3 is 2.22 bits per heavy atom. The number of amides is 2. The van der Waals surface area contributed by atoms with Gasteiger partial charge in [-0.25, -0.2) is 0 Å². The average molecular weight is 480 g/mol. The highest BCUT2D eigenvalue weighted by molar-refractivity contribution is 6.00. The Hall–Kier alpha value is -4.30. The van der Waals surface area contributed by atoms with Crippen LogP contribution in [0.2, 0.25) is 0 Å². The second-order valence-corrected chi connectivity index (χ2v) is 9.17. The Balaban J connectivity index is 1.25. The van der Waals surface area contributed by atoms with Crippen LogP contribution in [0, 0.1) is 0 Å². The third kappa shape index (κ3) is 3.41. The molecule has 8 nitrogen and oxygen atoms in total. The van der Waals surface area contributed by atoms with Crippen LogP contribution in [-0.4, -0.2) is 49.2 Å². The molecule has 8 heteroatoms. The maximum atomic E-state index is 14.0. The number of carbonyl (C=O) groups is 2. The number of benzene rings is 3. The summed E-state index contributed by atoms with van der Waals surface area (Å²) in [5.41, 5.74) is 2.76. The normalized spacial score (nSPS) is 17.5. The Morgan fingerprint density at radius 2 is 1.53 bits per heavy atom. The van der Waals surface area contributed by atoms with E-state index >= 15 is 0 Å². The second kappa shape index (κ2) is 8.73. The van der Waals surface area contributed by atoms with Crippen molar-refractivity contribution in [3.63, 3.8) is 0 Å². The fraction of sp³-hybridized carbons (Fsp3) is 0.214. The summed E-state index contributed by atoms with van der Waals surface area (Å²) < 4.78 is 1.79. The Morgan fingerprint density at radius 1 is 0.917 bits per heavy atom. The fourth-order valence-electron chi connectivity index (χ4n) is 5.47. The van der Waals surface area contributed by atoms with Gasteiger partial charge in [0.1, 0.15) is 18.7 Å². The maximum Gasteiger partial charge on any atom is 0.264 e. The minimum atomic E-state index is -1.82. The number of hydrogen-bond donors (Lipinski definition) is 2. The van der Waals surface area contributed by atoms with Gasteiger partial charge in [-0.1, -0.05) is 66.7 Å². The number of likely N-dealkylation sites (tertiary alicyclic amines) is 1. The van der Waals surface area contributed by atoms with Gasteiger partial charge in [0.05, 0.1) is 5.69 Å². The number of rotatable bonds is 5. The van der Waals surface area contributed by atoms with Crippen LogP contribution in [0.5, 0.6) is 0 Å². The third-order valence-electron chi connectivity index (χ3n) is 7.19. The van der Waals surface area contributed by atoms with Gasteiger partial charge in [0.15, 0.2) is 5.60 Å². The molecule has 2 aliphatic rings. The summed E-state index contributed by atoms with van der Waals surface area (Å²) in [6.07, 6.45) is 4.45. The van der Waals surface area contributed by atoms with E-state index in [4.69, 9.17) is 0 Å². The molecule has 0 bridgehead atoms. The van der Waals surface area contributed by atoms with E-state index in [2.05, 4.69) is 15.5 Å². The van der Waals surface area contributed by atoms with Crippen LogP contribution in [0.4, 0.5) is 0 Å². The Bertz CT molecular complexity index is 1400. The van der Waals surface area contributed by atoms with Gasteiger partial charge in [0, 0.05) is 24.2 Å². The molecule has 1 fully saturated rings. The van der Waals surface area contributed by atoms with Crippen LogP contribution in [0.3, 0.4) is 0 Å². The van der Waals surface area contributed by atoms with E-state index in [-0.39, 0.29) is 5.91 Å². The lowest BCUT2D eigenvalue weighted by molar-refractivity contribution is -0.151. The highest BCUT2D eigenvalue weighted by atomic mass is 16.3. The first-order chi connectivity index (χ1) is 17.6. The fourth-order valence-corrected chi connectivity index (χ4v) is 5.47. The molecule has 6 rings (SSSR count). The lowest BCUT2D eigenvalue weighted by Gasteiger charge is -2.32. The molecule has 2 amide bonds. The largest absolute Gasteiger partial charge is 0.372 e. The summed E-state index contributed by atoms with van der Waals surface area (Å²) in [7, 11) is 0. The molecule has 1 aliphatic carbocycles. The van der Waals surface area contributed by atoms with E-state index in [1.165, 1.54) is 0 Å². The number of fused-ring (bicyclic) bond motifs is 3. The quantitative estimate of drug-likeness (QED) is 0.459. The van der Waals surface area contributed by atoms with E-state index in [1.54, 1.807) is 34.3 Å². The minimum Gasteiger partial charge on any atom is -0.372 e. The van der Waals surface area contributed by atoms with E-state index in [0.717, 1.165) is 22.4 Å². The minimum absolute atomic E-state index is 0.234. The van der Waals surface area contributed by atoms with Gasteiger partial charge in [-0.3, -0.25) is 14.2 Å². The predicted octanol–water partition coefficient (Wildman–Crippen LogP) is 2.79. The zero-order chi connectivity index (χ0) is 24.7. The molecule has 1 aliphatic heterocycles. The number of nitrogens with one attached hydrogen (secondary N) is 1. The summed E-state index contributed by atoms with van der Waals surface area (Å²) in [5, 5.41) is 22.7. The number of carbonyl (C=O) groups excluding carboxylic acids is 2. The summed E-state index contributed by atoms with van der Waals surface area (Å²) in [6, 6.07) is 21.9. The summed E-state index contributed by atoms with van der Waals surface area (Å²) in [5.74, 6) is -0.690. The monoisotopic (exact) mass is 479 g/mol. The molecule has 36 heavy (non-hydrogen) atoms. The van der Waals surface area contributed by atoms with Crippen molar-refractivity contribution in [1.82, 2.24) is 25.0 Å². The van der Waals surface area contributed by atoms with Gasteiger partial charge in [0.2, 0.25) is 5.91 Å². The van der Waals surface area contributed by atoms with E-state index in [9.17, 15) is 14.7 Å². The molecule has 180 valence electrons. The first-order valence-electron chi connectivity index (χ1n) is 12.0. The average Bonchev–Trinajstić information content (AvgIpc) is 3.68. The van der Waals surface area contributed by atoms with E-state index in [1.807, 2.05) is 60.7 Å². The smallest absolute Gasteiger partial charge is 0.264 e. The Labute approximate surface area is 208 Å². The molecule has 0 saturated carbocycles. The van der Waals surface area contributed by atoms with E-state index < -0.39 is 17.6 Å². The van der Waals surface area contributed by atoms with Gasteiger partial charge in [-0.2, -0.15) is 0 Å². The number of aliphatic hydroxyl groups is 1. The topological polar surface area (TPSA) is 100 Å². The molecular formula is C28H25N5O3.